The van der Waals surface area contributed by atoms with E-state index in [9.17, 15) is 67.1 Å². The Kier molecular flexibility index (Phi) is 31.1. The highest BCUT2D eigenvalue weighted by Gasteiger charge is 2.30. The Labute approximate surface area is 589 Å². The molecule has 0 radical (unpaired) electrons. The predicted molar refractivity (Wildman–Crippen MR) is 365 cm³/mol. The first kappa shape index (κ1) is 82.4. The van der Waals surface area contributed by atoms with Crippen LogP contribution in [0.3, 0.4) is 0 Å². The summed E-state index contributed by atoms with van der Waals surface area (Å²) in [6.07, 6.45) is 1.38. The van der Waals surface area contributed by atoms with Gasteiger partial charge in [0.2, 0.25) is 0 Å². The molecule has 0 bridgehead atoms. The minimum atomic E-state index is -1.48. The van der Waals surface area contributed by atoms with E-state index in [2.05, 4.69) is 36.4 Å². The van der Waals surface area contributed by atoms with Gasteiger partial charge < -0.3 is 59.0 Å². The lowest BCUT2D eigenvalue weighted by molar-refractivity contribution is 0.0223. The Morgan fingerprint density at radius 3 is 1.18 bits per heavy atom. The van der Waals surface area contributed by atoms with E-state index in [1.54, 1.807) is 40.4 Å². The molecule has 5 fully saturated rings. The maximum Gasteiger partial charge on any atom is 0.410 e. The fourth-order valence-electron chi connectivity index (χ4n) is 10.6. The van der Waals surface area contributed by atoms with E-state index < -0.39 is 81.5 Å². The summed E-state index contributed by atoms with van der Waals surface area (Å²) in [5.41, 5.74) is 2.72. The van der Waals surface area contributed by atoms with Crippen LogP contribution in [0.15, 0.2) is 89.5 Å². The highest BCUT2D eigenvalue weighted by molar-refractivity contribution is 9.10. The van der Waals surface area contributed by atoms with Crippen LogP contribution >= 0.6 is 39.9 Å². The molecule has 99 heavy (non-hydrogen) atoms. The lowest BCUT2D eigenvalue weighted by Crippen LogP contribution is -2.50. The molecule has 6 heterocycles. The Bertz CT molecular complexity index is 3560. The van der Waals surface area contributed by atoms with E-state index in [1.165, 1.54) is 4.90 Å². The molecule has 16 nitrogen and oxygen atoms in total. The third-order valence-corrected chi connectivity index (χ3v) is 16.4. The molecule has 0 atom stereocenters. The van der Waals surface area contributed by atoms with Crippen molar-refractivity contribution in [2.75, 3.05) is 150 Å². The van der Waals surface area contributed by atoms with E-state index >= 15 is 0 Å². The molecule has 5 saturated heterocycles. The topological polar surface area (TPSA) is 125 Å². The van der Waals surface area contributed by atoms with Crippen LogP contribution in [0.5, 0.6) is 0 Å². The van der Waals surface area contributed by atoms with Gasteiger partial charge in [0.05, 0.1) is 10.7 Å². The van der Waals surface area contributed by atoms with Crippen LogP contribution in [0.4, 0.5) is 85.0 Å². The maximum absolute atomic E-state index is 13.6. The van der Waals surface area contributed by atoms with Gasteiger partial charge in [-0.2, -0.15) is 0 Å². The second-order valence-corrected chi connectivity index (χ2v) is 26.4. The zero-order valence-corrected chi connectivity index (χ0v) is 58.4. The summed E-state index contributed by atoms with van der Waals surface area (Å²) in [5, 5.41) is 7.07. The van der Waals surface area contributed by atoms with Crippen LogP contribution in [0, 0.1) is 69.8 Å². The van der Waals surface area contributed by atoms with E-state index in [1.807, 2.05) is 73.8 Å². The number of hydrogen-bond acceptors (Lipinski definition) is 12. The third kappa shape index (κ3) is 24.2. The summed E-state index contributed by atoms with van der Waals surface area (Å²) in [7, 11) is 1.87. The molecule has 31 heteroatoms. The quantitative estimate of drug-likeness (QED) is 0.0898. The number of rotatable bonds is 7. The van der Waals surface area contributed by atoms with Gasteiger partial charge in [-0.3, -0.25) is 9.69 Å². The lowest BCUT2D eigenvalue weighted by Gasteiger charge is -2.36. The van der Waals surface area contributed by atoms with Crippen molar-refractivity contribution in [2.45, 2.75) is 66.7 Å². The zero-order valence-electron chi connectivity index (χ0n) is 55.2. The first-order valence-corrected chi connectivity index (χ1v) is 32.4. The summed E-state index contributed by atoms with van der Waals surface area (Å²) >= 11 is 9.15. The number of piperazine rings is 5. The summed E-state index contributed by atoms with van der Waals surface area (Å²) in [5.74, 6) is -15.4. The Balaban J connectivity index is 0.000000243. The third-order valence-electron chi connectivity index (χ3n) is 15.6. The molecular formula is C68H84BrCl2F12N11O5. The number of nitrogens with one attached hydrogen (secondary N) is 2. The van der Waals surface area contributed by atoms with Crippen molar-refractivity contribution < 1.29 is 76.5 Å². The number of anilines is 4. The maximum atomic E-state index is 13.6. The molecule has 5 aliphatic heterocycles. The molecular weight excluding hydrogens is 1430 g/mol. The largest absolute Gasteiger partial charge is 0.444 e. The number of benzene rings is 5. The van der Waals surface area contributed by atoms with Gasteiger partial charge >= 0.3 is 12.2 Å². The predicted octanol–water partition coefficient (Wildman–Crippen LogP) is 13.8. The van der Waals surface area contributed by atoms with Crippen LogP contribution in [0.2, 0.25) is 5.02 Å². The summed E-state index contributed by atoms with van der Waals surface area (Å²) in [4.78, 5) is 51.6. The number of amides is 3. The minimum absolute atomic E-state index is 0. The Morgan fingerprint density at radius 2 is 0.798 bits per heavy atom. The Hall–Kier alpha value is -7.31. The molecule has 3 amide bonds. The summed E-state index contributed by atoms with van der Waals surface area (Å²) < 4.78 is 168. The molecule has 0 saturated carbocycles. The molecule has 0 aliphatic carbocycles. The molecule has 546 valence electrons. The van der Waals surface area contributed by atoms with E-state index in [4.69, 9.17) is 21.1 Å². The number of ether oxygens (including phenoxy) is 2. The smallest absolute Gasteiger partial charge is 0.410 e. The number of hydrogen-bond donors (Lipinski definition) is 2. The number of carbonyl (C=O) groups is 3. The van der Waals surface area contributed by atoms with Crippen molar-refractivity contribution in [3.63, 3.8) is 0 Å². The van der Waals surface area contributed by atoms with Crippen molar-refractivity contribution in [1.29, 1.82) is 0 Å². The van der Waals surface area contributed by atoms with Gasteiger partial charge in [0.25, 0.3) is 5.91 Å². The van der Waals surface area contributed by atoms with Crippen molar-refractivity contribution in [1.82, 2.24) is 34.8 Å². The number of aryl methyl sites for hydroxylation is 1. The van der Waals surface area contributed by atoms with E-state index in [0.29, 0.717) is 76.8 Å². The number of halogens is 15. The summed E-state index contributed by atoms with van der Waals surface area (Å²) in [6, 6.07) is 17.5. The highest BCUT2D eigenvalue weighted by Crippen LogP contribution is 2.29. The second kappa shape index (κ2) is 37.4. The van der Waals surface area contributed by atoms with Crippen molar-refractivity contribution >= 4 is 80.8 Å². The number of carbonyl (C=O) groups excluding carboxylic acids is 3. The van der Waals surface area contributed by atoms with Crippen LogP contribution < -0.4 is 30.2 Å². The first-order chi connectivity index (χ1) is 45.7. The molecule has 0 unspecified atom stereocenters. The van der Waals surface area contributed by atoms with Gasteiger partial charge in [-0.1, -0.05) is 47.1 Å². The zero-order chi connectivity index (χ0) is 71.1. The van der Waals surface area contributed by atoms with Gasteiger partial charge in [-0.05, 0) is 77.4 Å². The monoisotopic (exact) mass is 1510 g/mol. The average Bonchev–Trinajstić information content (AvgIpc) is 1.76. The SMILES string of the molecule is C.CC(C)(C)OC(=O)N1CCN(c2cc(F)c(F)c(F)c2)CC1.CC(C)(C)OC(=O)N1CCNCC1.Cl.Cn1cc(CN2CCN(c3ccccc3Cl)CC2)cc1C(=O)N1CCN(c2cc(F)c(F)c(F)c2)CC1.Fc1cc(Br)cc(F)c1F.Fc1cc(N2CCNCC2)cc(F)c1F. The van der Waals surface area contributed by atoms with Crippen molar-refractivity contribution in [2.24, 2.45) is 7.05 Å². The molecule has 1 aromatic heterocycles. The second-order valence-electron chi connectivity index (χ2n) is 25.1. The molecule has 5 aromatic carbocycles. The highest BCUT2D eigenvalue weighted by atomic mass is 79.9. The molecule has 6 aromatic rings. The van der Waals surface area contributed by atoms with Crippen LogP contribution in [0.1, 0.15) is 65.0 Å². The number of nitrogens with zero attached hydrogens (tertiary/aromatic N) is 9. The van der Waals surface area contributed by atoms with Gasteiger partial charge in [0, 0.05) is 209 Å². The van der Waals surface area contributed by atoms with Gasteiger partial charge in [-0.25, -0.2) is 62.3 Å². The van der Waals surface area contributed by atoms with Crippen LogP contribution in [-0.2, 0) is 23.1 Å². The standard InChI is InChI=1S/C27H29ClF3N5O.C15H19F3N2O2.C10H11F3N2.C9H18N2O2.C6H2BrF3.CH4.ClH/c1-32-17-19(18-33-6-8-35(9-7-33)24-5-3-2-4-21(24)28)14-25(32)27(37)36-12-10-34(11-13-36)20-15-22(29)26(31)23(30)16-20;1-15(2,3)22-14(21)20-6-4-19(5-7-20)10-8-11(16)13(18)12(17)9-10;11-8-5-7(6-9(12)10(8)13)15-3-1-14-2-4-15;1-9(2,3)13-8(12)11-6-4-10-5-7-11;7-3-1-4(8)6(10)5(9)2-3;;/h2-5,14-17H,6-13,18H2,1H3;8-9H,4-7H2,1-3H3;5-6,14H,1-4H2;10H,4-7H2,1-3H3;1-2H;1H4;1H. The van der Waals surface area contributed by atoms with Crippen LogP contribution in [-0.4, -0.2) is 184 Å². The van der Waals surface area contributed by atoms with Gasteiger partial charge in [-0.15, -0.1) is 12.4 Å². The molecule has 2 N–H and O–H groups in total. The van der Waals surface area contributed by atoms with Crippen LogP contribution in [0.25, 0.3) is 0 Å². The number of aromatic nitrogens is 1. The number of para-hydroxylation sites is 1. The molecule has 0 spiro atoms. The van der Waals surface area contributed by atoms with Crippen molar-refractivity contribution in [3.05, 3.63) is 176 Å². The fraction of sp³-hybridized carbons (Fsp3) is 0.456. The first-order valence-electron chi connectivity index (χ1n) is 31.3. The molecule has 5 aliphatic rings. The van der Waals surface area contributed by atoms with E-state index in [-0.39, 0.29) is 53.3 Å². The normalized spacial score (nSPS) is 15.9. The summed E-state index contributed by atoms with van der Waals surface area (Å²) in [6.45, 7) is 24.5. The van der Waals surface area contributed by atoms with Crippen molar-refractivity contribution in [3.8, 4) is 0 Å². The minimum Gasteiger partial charge on any atom is -0.444 e. The fourth-order valence-corrected chi connectivity index (χ4v) is 11.3. The van der Waals surface area contributed by atoms with Gasteiger partial charge in [0.15, 0.2) is 69.8 Å². The van der Waals surface area contributed by atoms with Gasteiger partial charge in [0.1, 0.15) is 16.9 Å². The van der Waals surface area contributed by atoms with E-state index in [0.717, 1.165) is 137 Å². The molecule has 11 rings (SSSR count). The Morgan fingerprint density at radius 1 is 0.465 bits per heavy atom. The lowest BCUT2D eigenvalue weighted by atomic mass is 10.2. The average molecular weight is 1510 g/mol.